The molecular formula is C5H8N2O3. The van der Waals surface area contributed by atoms with E-state index in [0.29, 0.717) is 12.8 Å². The third-order valence-corrected chi connectivity index (χ3v) is 1.76. The van der Waals surface area contributed by atoms with E-state index >= 15 is 0 Å². The number of hydrogen-bond acceptors (Lipinski definition) is 3. The predicted octanol–water partition coefficient (Wildman–Crippen LogP) is -1.24. The Labute approximate surface area is 57.2 Å². The van der Waals surface area contributed by atoms with Crippen molar-refractivity contribution >= 4 is 11.8 Å². The minimum atomic E-state index is -1.10. The number of amides is 2. The minimum absolute atomic E-state index is 0.439. The molecule has 56 valence electrons. The van der Waals surface area contributed by atoms with Crippen molar-refractivity contribution in [2.75, 3.05) is 0 Å². The molecule has 0 radical (unpaired) electrons. The van der Waals surface area contributed by atoms with Gasteiger partial charge < -0.3 is 5.73 Å². The maximum Gasteiger partial charge on any atom is 0.259 e. The molecule has 0 aromatic rings. The maximum atomic E-state index is 10.7. The Balaban J connectivity index is 2.69. The van der Waals surface area contributed by atoms with Crippen LogP contribution in [0.15, 0.2) is 0 Å². The summed E-state index contributed by atoms with van der Waals surface area (Å²) in [5, 5.41) is 8.15. The third-order valence-electron chi connectivity index (χ3n) is 1.76. The molecular weight excluding hydrogens is 136 g/mol. The number of carbonyl (C=O) groups excluding carboxylic acids is 2. The number of hydrogen-bond donors (Lipinski definition) is 3. The maximum absolute atomic E-state index is 10.7. The van der Waals surface area contributed by atoms with Crippen LogP contribution in [0.1, 0.15) is 12.8 Å². The summed E-state index contributed by atoms with van der Waals surface area (Å²) in [5.41, 5.74) is 5.21. The Kier molecular flexibility index (Phi) is 1.37. The Bertz CT molecular complexity index is 185. The molecule has 5 nitrogen and oxygen atoms in total. The molecule has 0 spiro atoms. The average molecular weight is 144 g/mol. The van der Waals surface area contributed by atoms with E-state index < -0.39 is 17.2 Å². The van der Waals surface area contributed by atoms with E-state index in [0.717, 1.165) is 0 Å². The fourth-order valence-electron chi connectivity index (χ4n) is 0.817. The highest BCUT2D eigenvalue weighted by molar-refractivity contribution is 6.06. The average Bonchev–Trinajstić information content (AvgIpc) is 2.65. The van der Waals surface area contributed by atoms with Gasteiger partial charge in [-0.15, -0.1) is 0 Å². The van der Waals surface area contributed by atoms with E-state index in [4.69, 9.17) is 10.9 Å². The van der Waals surface area contributed by atoms with Crippen LogP contribution in [-0.2, 0) is 9.59 Å². The van der Waals surface area contributed by atoms with E-state index in [-0.39, 0.29) is 0 Å². The molecule has 1 fully saturated rings. The fraction of sp³-hybridized carbons (Fsp3) is 0.600. The van der Waals surface area contributed by atoms with Gasteiger partial charge >= 0.3 is 0 Å². The molecule has 0 bridgehead atoms. The van der Waals surface area contributed by atoms with Gasteiger partial charge in [-0.3, -0.25) is 14.8 Å². The molecule has 0 aliphatic heterocycles. The normalized spacial score (nSPS) is 19.7. The molecule has 0 heterocycles. The van der Waals surface area contributed by atoms with Gasteiger partial charge in [0.05, 0.1) is 0 Å². The first-order valence-electron chi connectivity index (χ1n) is 2.88. The summed E-state index contributed by atoms with van der Waals surface area (Å²) in [6.45, 7) is 0. The molecule has 1 saturated carbocycles. The van der Waals surface area contributed by atoms with Crippen molar-refractivity contribution in [1.82, 2.24) is 5.48 Å². The zero-order valence-electron chi connectivity index (χ0n) is 5.26. The molecule has 1 aliphatic carbocycles. The summed E-state index contributed by atoms with van der Waals surface area (Å²) >= 11 is 0. The zero-order valence-corrected chi connectivity index (χ0v) is 5.26. The molecule has 1 aliphatic rings. The topological polar surface area (TPSA) is 92.4 Å². The van der Waals surface area contributed by atoms with Gasteiger partial charge in [-0.05, 0) is 12.8 Å². The quantitative estimate of drug-likeness (QED) is 0.257. The summed E-state index contributed by atoms with van der Waals surface area (Å²) in [5.74, 6) is -1.36. The number of nitrogens with two attached hydrogens (primary N) is 1. The van der Waals surface area contributed by atoms with E-state index in [2.05, 4.69) is 0 Å². The largest absolute Gasteiger partial charge is 0.369 e. The number of nitrogens with one attached hydrogen (secondary N) is 1. The Hall–Kier alpha value is -1.10. The Morgan fingerprint density at radius 2 is 2.00 bits per heavy atom. The van der Waals surface area contributed by atoms with Gasteiger partial charge in [0.1, 0.15) is 5.41 Å². The van der Waals surface area contributed by atoms with Crippen LogP contribution in [0.4, 0.5) is 0 Å². The molecule has 0 unspecified atom stereocenters. The molecule has 10 heavy (non-hydrogen) atoms. The monoisotopic (exact) mass is 144 g/mol. The third kappa shape index (κ3) is 0.750. The highest BCUT2D eigenvalue weighted by Gasteiger charge is 2.55. The minimum Gasteiger partial charge on any atom is -0.369 e. The lowest BCUT2D eigenvalue weighted by atomic mass is 10.1. The van der Waals surface area contributed by atoms with Gasteiger partial charge in [0.25, 0.3) is 5.91 Å². The fourth-order valence-corrected chi connectivity index (χ4v) is 0.817. The standard InChI is InChI=1S/C5H8N2O3/c6-3(8)5(1-2-5)4(9)7-10/h10H,1-2H2,(H2,6,8)(H,7,9). The van der Waals surface area contributed by atoms with E-state index in [1.165, 1.54) is 5.48 Å². The lowest BCUT2D eigenvalue weighted by Gasteiger charge is -2.05. The van der Waals surface area contributed by atoms with Crippen LogP contribution in [-0.4, -0.2) is 17.0 Å². The Morgan fingerprint density at radius 1 is 1.50 bits per heavy atom. The summed E-state index contributed by atoms with van der Waals surface area (Å²) in [4.78, 5) is 21.2. The first-order chi connectivity index (χ1) is 4.63. The molecule has 2 amide bonds. The molecule has 1 rings (SSSR count). The van der Waals surface area contributed by atoms with E-state index in [1.54, 1.807) is 0 Å². The van der Waals surface area contributed by atoms with Crippen molar-refractivity contribution < 1.29 is 14.8 Å². The van der Waals surface area contributed by atoms with Gasteiger partial charge in [-0.2, -0.15) is 0 Å². The molecule has 5 heteroatoms. The van der Waals surface area contributed by atoms with Gasteiger partial charge in [0, 0.05) is 0 Å². The van der Waals surface area contributed by atoms with Crippen molar-refractivity contribution in [3.05, 3.63) is 0 Å². The SMILES string of the molecule is NC(=O)C1(C(=O)NO)CC1. The first-order valence-corrected chi connectivity index (χ1v) is 2.88. The summed E-state index contributed by atoms with van der Waals surface area (Å²) in [6.07, 6.45) is 0.878. The van der Waals surface area contributed by atoms with E-state index in [9.17, 15) is 9.59 Å². The second kappa shape index (κ2) is 1.95. The molecule has 4 N–H and O–H groups in total. The van der Waals surface area contributed by atoms with Gasteiger partial charge in [0.15, 0.2) is 0 Å². The van der Waals surface area contributed by atoms with Crippen LogP contribution in [0.5, 0.6) is 0 Å². The second-order valence-corrected chi connectivity index (χ2v) is 2.39. The number of rotatable bonds is 2. The number of primary amides is 1. The molecule has 0 aromatic carbocycles. The van der Waals surface area contributed by atoms with Crippen molar-refractivity contribution in [2.45, 2.75) is 12.8 Å². The Morgan fingerprint density at radius 3 is 2.10 bits per heavy atom. The van der Waals surface area contributed by atoms with Crippen LogP contribution < -0.4 is 11.2 Å². The van der Waals surface area contributed by atoms with E-state index in [1.807, 2.05) is 0 Å². The first kappa shape index (κ1) is 7.01. The van der Waals surface area contributed by atoms with Gasteiger partial charge in [0.2, 0.25) is 5.91 Å². The van der Waals surface area contributed by atoms with Crippen molar-refractivity contribution in [3.63, 3.8) is 0 Å². The lowest BCUT2D eigenvalue weighted by Crippen LogP contribution is -2.39. The zero-order chi connectivity index (χ0) is 7.78. The summed E-state index contributed by atoms with van der Waals surface area (Å²) in [6, 6.07) is 0. The van der Waals surface area contributed by atoms with Gasteiger partial charge in [-0.25, -0.2) is 5.48 Å². The number of carbonyl (C=O) groups is 2. The summed E-state index contributed by atoms with van der Waals surface area (Å²) < 4.78 is 0. The highest BCUT2D eigenvalue weighted by Crippen LogP contribution is 2.45. The number of hydroxylamine groups is 1. The lowest BCUT2D eigenvalue weighted by molar-refractivity contribution is -0.141. The molecule has 0 atom stereocenters. The van der Waals surface area contributed by atoms with Crippen LogP contribution >= 0.6 is 0 Å². The van der Waals surface area contributed by atoms with Crippen molar-refractivity contribution in [2.24, 2.45) is 11.1 Å². The highest BCUT2D eigenvalue weighted by atomic mass is 16.5. The second-order valence-electron chi connectivity index (χ2n) is 2.39. The van der Waals surface area contributed by atoms with Gasteiger partial charge in [-0.1, -0.05) is 0 Å². The predicted molar refractivity (Wildman–Crippen MR) is 30.8 cm³/mol. The molecule has 0 aromatic heterocycles. The summed E-state index contributed by atoms with van der Waals surface area (Å²) in [7, 11) is 0. The van der Waals surface area contributed by atoms with Crippen molar-refractivity contribution in [1.29, 1.82) is 0 Å². The van der Waals surface area contributed by atoms with Crippen LogP contribution in [0.25, 0.3) is 0 Å². The van der Waals surface area contributed by atoms with Crippen LogP contribution in [0.3, 0.4) is 0 Å². The molecule has 0 saturated heterocycles. The van der Waals surface area contributed by atoms with Crippen LogP contribution in [0, 0.1) is 5.41 Å². The smallest absolute Gasteiger partial charge is 0.259 e. The van der Waals surface area contributed by atoms with Crippen molar-refractivity contribution in [3.8, 4) is 0 Å². The van der Waals surface area contributed by atoms with Crippen LogP contribution in [0.2, 0.25) is 0 Å².